The van der Waals surface area contributed by atoms with Crippen LogP contribution in [0.5, 0.6) is 0 Å². The van der Waals surface area contributed by atoms with Crippen molar-refractivity contribution < 1.29 is 14.6 Å². The Morgan fingerprint density at radius 2 is 2.24 bits per heavy atom. The van der Waals surface area contributed by atoms with Crippen LogP contribution in [0.4, 0.5) is 0 Å². The molecule has 3 N–H and O–H groups in total. The Hall–Kier alpha value is -0.690. The number of rotatable bonds is 8. The lowest BCUT2D eigenvalue weighted by Gasteiger charge is -2.32. The van der Waals surface area contributed by atoms with Gasteiger partial charge in [-0.1, -0.05) is 0 Å². The summed E-state index contributed by atoms with van der Waals surface area (Å²) in [5.41, 5.74) is 0. The fourth-order valence-corrected chi connectivity index (χ4v) is 3.16. The number of piperidine rings is 1. The van der Waals surface area contributed by atoms with E-state index < -0.39 is 0 Å². The van der Waals surface area contributed by atoms with Crippen molar-refractivity contribution in [2.75, 3.05) is 52.5 Å². The Kier molecular flexibility index (Phi) is 7.43. The molecule has 0 aromatic carbocycles. The van der Waals surface area contributed by atoms with Crippen molar-refractivity contribution in [3.63, 3.8) is 0 Å². The van der Waals surface area contributed by atoms with Crippen molar-refractivity contribution >= 4 is 5.91 Å². The van der Waals surface area contributed by atoms with Gasteiger partial charge in [-0.2, -0.15) is 0 Å². The van der Waals surface area contributed by atoms with Crippen molar-refractivity contribution in [1.82, 2.24) is 15.5 Å². The first-order valence-corrected chi connectivity index (χ1v) is 8.21. The standard InChI is InChI=1S/C15H29N3O3/c19-8-10-21-9-7-18-6-2-3-13(12-18)11-17-15(20)14-4-1-5-16-14/h13-14,16,19H,1-12H2,(H,17,20). The van der Waals surface area contributed by atoms with Gasteiger partial charge in [0.2, 0.25) is 5.91 Å². The van der Waals surface area contributed by atoms with Crippen LogP contribution >= 0.6 is 0 Å². The first kappa shape index (κ1) is 16.7. The van der Waals surface area contributed by atoms with Gasteiger partial charge in [-0.15, -0.1) is 0 Å². The van der Waals surface area contributed by atoms with Crippen molar-refractivity contribution in [3.8, 4) is 0 Å². The highest BCUT2D eigenvalue weighted by molar-refractivity contribution is 5.81. The lowest BCUT2D eigenvalue weighted by molar-refractivity contribution is -0.123. The SMILES string of the molecule is O=C(NCC1CCCN(CCOCCO)C1)C1CCCN1. The van der Waals surface area contributed by atoms with E-state index in [-0.39, 0.29) is 18.6 Å². The molecule has 0 saturated carbocycles. The predicted octanol–water partition coefficient (Wildman–Crippen LogP) is -0.424. The molecule has 0 spiro atoms. The molecule has 0 radical (unpaired) electrons. The minimum Gasteiger partial charge on any atom is -0.394 e. The third kappa shape index (κ3) is 5.90. The lowest BCUT2D eigenvalue weighted by atomic mass is 9.98. The van der Waals surface area contributed by atoms with E-state index in [0.29, 0.717) is 19.1 Å². The number of carbonyl (C=O) groups is 1. The summed E-state index contributed by atoms with van der Waals surface area (Å²) in [5, 5.41) is 15.0. The Balaban J connectivity index is 1.60. The predicted molar refractivity (Wildman–Crippen MR) is 81.1 cm³/mol. The van der Waals surface area contributed by atoms with Crippen LogP contribution in [0.25, 0.3) is 0 Å². The van der Waals surface area contributed by atoms with Crippen LogP contribution in [0.15, 0.2) is 0 Å². The highest BCUT2D eigenvalue weighted by atomic mass is 16.5. The van der Waals surface area contributed by atoms with E-state index >= 15 is 0 Å². The molecule has 122 valence electrons. The highest BCUT2D eigenvalue weighted by Gasteiger charge is 2.24. The Morgan fingerprint density at radius 3 is 3.00 bits per heavy atom. The molecule has 2 aliphatic heterocycles. The van der Waals surface area contributed by atoms with Gasteiger partial charge in [0, 0.05) is 19.6 Å². The zero-order valence-electron chi connectivity index (χ0n) is 12.9. The summed E-state index contributed by atoms with van der Waals surface area (Å²) < 4.78 is 5.32. The quantitative estimate of drug-likeness (QED) is 0.531. The summed E-state index contributed by atoms with van der Waals surface area (Å²) in [5.74, 6) is 0.706. The summed E-state index contributed by atoms with van der Waals surface area (Å²) >= 11 is 0. The number of hydrogen-bond acceptors (Lipinski definition) is 5. The molecule has 2 unspecified atom stereocenters. The fourth-order valence-electron chi connectivity index (χ4n) is 3.16. The van der Waals surface area contributed by atoms with E-state index in [1.807, 2.05) is 0 Å². The maximum absolute atomic E-state index is 12.0. The number of nitrogens with one attached hydrogen (secondary N) is 2. The third-order valence-electron chi connectivity index (χ3n) is 4.33. The number of ether oxygens (including phenoxy) is 1. The molecule has 2 rings (SSSR count). The molecular formula is C15H29N3O3. The molecule has 0 aromatic rings. The average molecular weight is 299 g/mol. The van der Waals surface area contributed by atoms with Gasteiger partial charge >= 0.3 is 0 Å². The van der Waals surface area contributed by atoms with Gasteiger partial charge in [-0.3, -0.25) is 4.79 Å². The second kappa shape index (κ2) is 9.35. The monoisotopic (exact) mass is 299 g/mol. The number of likely N-dealkylation sites (tertiary alicyclic amines) is 1. The molecule has 2 atom stereocenters. The normalized spacial score (nSPS) is 26.9. The van der Waals surface area contributed by atoms with Gasteiger partial charge in [0.05, 0.1) is 25.9 Å². The minimum atomic E-state index is 0.0246. The molecule has 2 heterocycles. The van der Waals surface area contributed by atoms with Crippen LogP contribution in [-0.4, -0.2) is 74.5 Å². The summed E-state index contributed by atoms with van der Waals surface area (Å²) in [6.07, 6.45) is 4.43. The van der Waals surface area contributed by atoms with E-state index in [2.05, 4.69) is 15.5 Å². The summed E-state index contributed by atoms with van der Waals surface area (Å²) in [7, 11) is 0. The van der Waals surface area contributed by atoms with Gasteiger partial charge in [-0.05, 0) is 44.7 Å². The molecule has 2 aliphatic rings. The van der Waals surface area contributed by atoms with Crippen molar-refractivity contribution in [1.29, 1.82) is 0 Å². The van der Waals surface area contributed by atoms with E-state index in [0.717, 1.165) is 45.6 Å². The second-order valence-electron chi connectivity index (χ2n) is 6.04. The number of nitrogens with zero attached hydrogens (tertiary/aromatic N) is 1. The molecule has 2 saturated heterocycles. The largest absolute Gasteiger partial charge is 0.394 e. The number of carbonyl (C=O) groups excluding carboxylic acids is 1. The maximum Gasteiger partial charge on any atom is 0.237 e. The first-order valence-electron chi connectivity index (χ1n) is 8.21. The van der Waals surface area contributed by atoms with Crippen molar-refractivity contribution in [3.05, 3.63) is 0 Å². The molecular weight excluding hydrogens is 270 g/mol. The zero-order chi connectivity index (χ0) is 14.9. The molecule has 0 aliphatic carbocycles. The minimum absolute atomic E-state index is 0.0246. The second-order valence-corrected chi connectivity index (χ2v) is 6.04. The van der Waals surface area contributed by atoms with Crippen molar-refractivity contribution in [2.45, 2.75) is 31.7 Å². The van der Waals surface area contributed by atoms with E-state index in [4.69, 9.17) is 9.84 Å². The van der Waals surface area contributed by atoms with Gasteiger partial charge in [-0.25, -0.2) is 0 Å². The fraction of sp³-hybridized carbons (Fsp3) is 0.933. The van der Waals surface area contributed by atoms with Crippen LogP contribution < -0.4 is 10.6 Å². The van der Waals surface area contributed by atoms with Crippen LogP contribution in [-0.2, 0) is 9.53 Å². The molecule has 2 fully saturated rings. The topological polar surface area (TPSA) is 73.8 Å². The molecule has 0 bridgehead atoms. The maximum atomic E-state index is 12.0. The van der Waals surface area contributed by atoms with Crippen LogP contribution in [0.1, 0.15) is 25.7 Å². The van der Waals surface area contributed by atoms with E-state index in [1.165, 1.54) is 12.8 Å². The number of hydrogen-bond donors (Lipinski definition) is 3. The van der Waals surface area contributed by atoms with Gasteiger partial charge in [0.1, 0.15) is 0 Å². The van der Waals surface area contributed by atoms with E-state index in [1.54, 1.807) is 0 Å². The molecule has 21 heavy (non-hydrogen) atoms. The van der Waals surface area contributed by atoms with Gasteiger partial charge in [0.25, 0.3) is 0 Å². The third-order valence-corrected chi connectivity index (χ3v) is 4.33. The first-order chi connectivity index (χ1) is 10.3. The molecule has 1 amide bonds. The number of aliphatic hydroxyl groups excluding tert-OH is 1. The van der Waals surface area contributed by atoms with Gasteiger partial charge in [0.15, 0.2) is 0 Å². The zero-order valence-corrected chi connectivity index (χ0v) is 12.9. The van der Waals surface area contributed by atoms with Crippen LogP contribution in [0.2, 0.25) is 0 Å². The highest BCUT2D eigenvalue weighted by Crippen LogP contribution is 2.15. The Bertz CT molecular complexity index is 309. The van der Waals surface area contributed by atoms with Crippen LogP contribution in [0, 0.1) is 5.92 Å². The lowest BCUT2D eigenvalue weighted by Crippen LogP contribution is -2.46. The van der Waals surface area contributed by atoms with E-state index in [9.17, 15) is 4.79 Å². The Morgan fingerprint density at radius 1 is 1.33 bits per heavy atom. The molecule has 6 nitrogen and oxygen atoms in total. The summed E-state index contributed by atoms with van der Waals surface area (Å²) in [4.78, 5) is 14.4. The number of aliphatic hydroxyl groups is 1. The Labute approximate surface area is 127 Å². The smallest absolute Gasteiger partial charge is 0.237 e. The van der Waals surface area contributed by atoms with Crippen LogP contribution in [0.3, 0.4) is 0 Å². The van der Waals surface area contributed by atoms with Gasteiger partial charge < -0.3 is 25.4 Å². The molecule has 0 aromatic heterocycles. The summed E-state index contributed by atoms with van der Waals surface area (Å²) in [6.45, 7) is 5.97. The molecule has 6 heteroatoms. The summed E-state index contributed by atoms with van der Waals surface area (Å²) in [6, 6.07) is 0.0246. The average Bonchev–Trinajstić information content (AvgIpc) is 3.04. The van der Waals surface area contributed by atoms with Crippen molar-refractivity contribution in [2.24, 2.45) is 5.92 Å². The number of amides is 1.